The second kappa shape index (κ2) is 5.52. The Morgan fingerprint density at radius 2 is 2.09 bits per heavy atom. The maximum Gasteiger partial charge on any atom is 0.190 e. The summed E-state index contributed by atoms with van der Waals surface area (Å²) in [5.41, 5.74) is 2.23. The van der Waals surface area contributed by atoms with Crippen LogP contribution >= 0.6 is 22.7 Å². The zero-order valence-electron chi connectivity index (χ0n) is 12.5. The predicted molar refractivity (Wildman–Crippen MR) is 92.8 cm³/mol. The maximum absolute atomic E-state index is 5.25. The van der Waals surface area contributed by atoms with Crippen LogP contribution in [0.25, 0.3) is 10.2 Å². The van der Waals surface area contributed by atoms with Gasteiger partial charge in [0, 0.05) is 10.9 Å². The Morgan fingerprint density at radius 1 is 1.23 bits per heavy atom. The van der Waals surface area contributed by atoms with E-state index in [1.54, 1.807) is 29.8 Å². The van der Waals surface area contributed by atoms with Crippen molar-refractivity contribution in [1.82, 2.24) is 9.97 Å². The van der Waals surface area contributed by atoms with Gasteiger partial charge in [-0.25, -0.2) is 9.97 Å². The Hall–Kier alpha value is -1.66. The van der Waals surface area contributed by atoms with Crippen LogP contribution in [0.15, 0.2) is 18.2 Å². The van der Waals surface area contributed by atoms with E-state index in [0.29, 0.717) is 0 Å². The number of thiazole rings is 2. The summed E-state index contributed by atoms with van der Waals surface area (Å²) in [6, 6.07) is 5.98. The molecule has 1 aliphatic carbocycles. The number of fused-ring (bicyclic) bond motifs is 2. The molecule has 0 amide bonds. The van der Waals surface area contributed by atoms with Gasteiger partial charge in [-0.1, -0.05) is 18.3 Å². The molecule has 4 rings (SSSR count). The van der Waals surface area contributed by atoms with Crippen LogP contribution in [0, 0.1) is 5.92 Å². The molecule has 114 valence electrons. The van der Waals surface area contributed by atoms with E-state index in [4.69, 9.17) is 9.72 Å². The molecule has 4 nitrogen and oxygen atoms in total. The number of methoxy groups -OCH3 is 1. The van der Waals surface area contributed by atoms with Crippen molar-refractivity contribution in [3.63, 3.8) is 0 Å². The van der Waals surface area contributed by atoms with E-state index in [1.807, 2.05) is 18.2 Å². The maximum atomic E-state index is 5.25. The Bertz CT molecular complexity index is 824. The topological polar surface area (TPSA) is 47.0 Å². The Balaban J connectivity index is 1.60. The largest absolute Gasteiger partial charge is 0.497 e. The quantitative estimate of drug-likeness (QED) is 0.760. The molecule has 2 heterocycles. The number of aryl methyl sites for hydroxylation is 1. The van der Waals surface area contributed by atoms with Crippen molar-refractivity contribution in [3.8, 4) is 5.75 Å². The van der Waals surface area contributed by atoms with Crippen LogP contribution in [0.2, 0.25) is 0 Å². The number of nitrogens with zero attached hydrogens (tertiary/aromatic N) is 2. The summed E-state index contributed by atoms with van der Waals surface area (Å²) in [6.45, 7) is 2.32. The number of anilines is 2. The molecule has 0 saturated heterocycles. The average molecular weight is 331 g/mol. The zero-order valence-corrected chi connectivity index (χ0v) is 14.2. The van der Waals surface area contributed by atoms with E-state index in [9.17, 15) is 0 Å². The fourth-order valence-corrected chi connectivity index (χ4v) is 4.85. The minimum atomic E-state index is 0.774. The van der Waals surface area contributed by atoms with E-state index in [0.717, 1.165) is 45.0 Å². The molecule has 0 aliphatic heterocycles. The van der Waals surface area contributed by atoms with Crippen LogP contribution in [-0.4, -0.2) is 17.1 Å². The Morgan fingerprint density at radius 3 is 2.95 bits per heavy atom. The fraction of sp³-hybridized carbons (Fsp3) is 0.375. The van der Waals surface area contributed by atoms with Crippen molar-refractivity contribution < 1.29 is 4.74 Å². The monoisotopic (exact) mass is 331 g/mol. The highest BCUT2D eigenvalue weighted by Gasteiger charge is 2.20. The van der Waals surface area contributed by atoms with Gasteiger partial charge in [-0.3, -0.25) is 0 Å². The Labute approximate surface area is 137 Å². The zero-order chi connectivity index (χ0) is 15.1. The third-order valence-electron chi connectivity index (χ3n) is 3.99. The smallest absolute Gasteiger partial charge is 0.190 e. The fourth-order valence-electron chi connectivity index (χ4n) is 2.77. The van der Waals surface area contributed by atoms with Gasteiger partial charge in [0.2, 0.25) is 0 Å². The van der Waals surface area contributed by atoms with Crippen molar-refractivity contribution in [1.29, 1.82) is 0 Å². The Kier molecular flexibility index (Phi) is 3.50. The number of hydrogen-bond donors (Lipinski definition) is 1. The van der Waals surface area contributed by atoms with Crippen LogP contribution in [-0.2, 0) is 12.8 Å². The van der Waals surface area contributed by atoms with Crippen LogP contribution in [0.3, 0.4) is 0 Å². The number of nitrogens with one attached hydrogen (secondary N) is 1. The van der Waals surface area contributed by atoms with Gasteiger partial charge in [0.25, 0.3) is 0 Å². The molecule has 0 radical (unpaired) electrons. The van der Waals surface area contributed by atoms with Gasteiger partial charge in [-0.15, -0.1) is 11.3 Å². The van der Waals surface area contributed by atoms with Crippen molar-refractivity contribution in [2.45, 2.75) is 26.2 Å². The number of benzene rings is 1. The van der Waals surface area contributed by atoms with Crippen LogP contribution in [0.4, 0.5) is 10.3 Å². The molecular weight excluding hydrogens is 314 g/mol. The molecule has 0 fully saturated rings. The van der Waals surface area contributed by atoms with Crippen molar-refractivity contribution in [3.05, 3.63) is 28.8 Å². The molecule has 0 saturated carbocycles. The summed E-state index contributed by atoms with van der Waals surface area (Å²) < 4.78 is 6.40. The summed E-state index contributed by atoms with van der Waals surface area (Å²) >= 11 is 3.42. The SMILES string of the molecule is COc1ccc2sc(Nc3nc4c(s3)C[C@@H](C)CC4)nc2c1. The second-order valence-corrected chi connectivity index (χ2v) is 7.83. The number of hydrogen-bond acceptors (Lipinski definition) is 6. The minimum absolute atomic E-state index is 0.774. The summed E-state index contributed by atoms with van der Waals surface area (Å²) in [5, 5.41) is 5.23. The molecule has 2 aromatic heterocycles. The predicted octanol–water partition coefficient (Wildman–Crippen LogP) is 4.63. The van der Waals surface area contributed by atoms with Gasteiger partial charge in [-0.2, -0.15) is 0 Å². The third-order valence-corrected chi connectivity index (χ3v) is 5.98. The standard InChI is InChI=1S/C16H17N3OS2/c1-9-3-5-11-14(7-9)22-15(17-11)19-16-18-12-8-10(20-2)4-6-13(12)21-16/h4,6,8-9H,3,5,7H2,1-2H3,(H,17,18,19)/t9-/m0/s1. The number of rotatable bonds is 3. The summed E-state index contributed by atoms with van der Waals surface area (Å²) in [5.74, 6) is 1.61. The van der Waals surface area contributed by atoms with E-state index in [1.165, 1.54) is 17.0 Å². The number of aromatic nitrogens is 2. The van der Waals surface area contributed by atoms with E-state index in [-0.39, 0.29) is 0 Å². The lowest BCUT2D eigenvalue weighted by Crippen LogP contribution is -2.09. The van der Waals surface area contributed by atoms with Gasteiger partial charge in [0.05, 0.1) is 23.0 Å². The van der Waals surface area contributed by atoms with Gasteiger partial charge >= 0.3 is 0 Å². The third kappa shape index (κ3) is 2.57. The molecule has 1 atom stereocenters. The van der Waals surface area contributed by atoms with E-state index >= 15 is 0 Å². The van der Waals surface area contributed by atoms with Gasteiger partial charge in [0.1, 0.15) is 5.75 Å². The minimum Gasteiger partial charge on any atom is -0.497 e. The second-order valence-electron chi connectivity index (χ2n) is 5.71. The average Bonchev–Trinajstić information content (AvgIpc) is 3.08. The highest BCUT2D eigenvalue weighted by molar-refractivity contribution is 7.22. The van der Waals surface area contributed by atoms with Crippen molar-refractivity contribution in [2.24, 2.45) is 5.92 Å². The molecule has 6 heteroatoms. The van der Waals surface area contributed by atoms with Gasteiger partial charge in [0.15, 0.2) is 10.3 Å². The van der Waals surface area contributed by atoms with Crippen LogP contribution < -0.4 is 10.1 Å². The van der Waals surface area contributed by atoms with Crippen LogP contribution in [0.5, 0.6) is 5.75 Å². The first-order valence-corrected chi connectivity index (χ1v) is 9.05. The molecule has 1 N–H and O–H groups in total. The molecule has 1 aromatic carbocycles. The molecule has 0 spiro atoms. The lowest BCUT2D eigenvalue weighted by atomic mass is 9.93. The number of ether oxygens (including phenoxy) is 1. The summed E-state index contributed by atoms with van der Waals surface area (Å²) in [4.78, 5) is 10.8. The van der Waals surface area contributed by atoms with Gasteiger partial charge < -0.3 is 10.1 Å². The first-order valence-electron chi connectivity index (χ1n) is 7.41. The molecule has 0 bridgehead atoms. The molecular formula is C16H17N3OS2. The first-order chi connectivity index (χ1) is 10.7. The molecule has 22 heavy (non-hydrogen) atoms. The highest BCUT2D eigenvalue weighted by Crippen LogP contribution is 2.35. The van der Waals surface area contributed by atoms with E-state index in [2.05, 4.69) is 17.2 Å². The van der Waals surface area contributed by atoms with Crippen LogP contribution in [0.1, 0.15) is 23.9 Å². The first kappa shape index (κ1) is 14.0. The highest BCUT2D eigenvalue weighted by atomic mass is 32.1. The molecule has 0 unspecified atom stereocenters. The molecule has 1 aliphatic rings. The normalized spacial score (nSPS) is 17.5. The molecule has 3 aromatic rings. The van der Waals surface area contributed by atoms with Gasteiger partial charge in [-0.05, 0) is 37.3 Å². The van der Waals surface area contributed by atoms with Crippen molar-refractivity contribution in [2.75, 3.05) is 12.4 Å². The lowest BCUT2D eigenvalue weighted by Gasteiger charge is -2.15. The summed E-state index contributed by atoms with van der Waals surface area (Å²) in [6.07, 6.45) is 3.51. The summed E-state index contributed by atoms with van der Waals surface area (Å²) in [7, 11) is 1.67. The van der Waals surface area contributed by atoms with E-state index < -0.39 is 0 Å². The van der Waals surface area contributed by atoms with Crippen molar-refractivity contribution >= 4 is 43.2 Å². The lowest BCUT2D eigenvalue weighted by molar-refractivity contribution is 0.415.